The molecule has 0 amide bonds. The maximum Gasteiger partial charge on any atom is 0.573 e. The van der Waals surface area contributed by atoms with Crippen LogP contribution in [0.1, 0.15) is 16.1 Å². The van der Waals surface area contributed by atoms with E-state index in [1.807, 2.05) is 0 Å². The Kier molecular flexibility index (Phi) is 3.45. The van der Waals surface area contributed by atoms with Crippen LogP contribution in [-0.4, -0.2) is 29.5 Å². The highest BCUT2D eigenvalue weighted by Gasteiger charge is 2.33. The minimum Gasteiger partial charge on any atom is -0.494 e. The maximum atomic E-state index is 12.0. The van der Waals surface area contributed by atoms with E-state index in [-0.39, 0.29) is 11.3 Å². The van der Waals surface area contributed by atoms with Crippen molar-refractivity contribution in [3.8, 4) is 11.5 Å². The fraction of sp³-hybridized carbons (Fsp3) is 0.333. The van der Waals surface area contributed by atoms with Crippen molar-refractivity contribution in [2.24, 2.45) is 0 Å². The van der Waals surface area contributed by atoms with Gasteiger partial charge in [0.15, 0.2) is 17.2 Å². The van der Waals surface area contributed by atoms with Crippen LogP contribution in [0.25, 0.3) is 0 Å². The average Bonchev–Trinajstić information content (AvgIpc) is 2.18. The number of hydrogen-bond donors (Lipinski definition) is 1. The van der Waals surface area contributed by atoms with E-state index < -0.39 is 23.8 Å². The molecule has 0 aromatic carbocycles. The summed E-state index contributed by atoms with van der Waals surface area (Å²) in [7, 11) is 1.13. The molecular formula is C9H8F3NO4. The summed E-state index contributed by atoms with van der Waals surface area (Å²) >= 11 is 0. The summed E-state index contributed by atoms with van der Waals surface area (Å²) in [5.41, 5.74) is -0.559. The molecule has 8 heteroatoms. The minimum absolute atomic E-state index is 0.0859. The Balaban J connectivity index is 3.25. The van der Waals surface area contributed by atoms with Gasteiger partial charge in [-0.15, -0.1) is 13.2 Å². The molecule has 1 rings (SSSR count). The third-order valence-corrected chi connectivity index (χ3v) is 1.87. The number of alkyl halides is 3. The largest absolute Gasteiger partial charge is 0.573 e. The van der Waals surface area contributed by atoms with Gasteiger partial charge in [0.05, 0.1) is 13.3 Å². The van der Waals surface area contributed by atoms with Crippen LogP contribution in [-0.2, 0) is 0 Å². The van der Waals surface area contributed by atoms with Crippen LogP contribution in [0.3, 0.4) is 0 Å². The highest BCUT2D eigenvalue weighted by molar-refractivity contribution is 5.89. The molecular weight excluding hydrogens is 243 g/mol. The van der Waals surface area contributed by atoms with Crippen molar-refractivity contribution in [3.63, 3.8) is 0 Å². The smallest absolute Gasteiger partial charge is 0.494 e. The summed E-state index contributed by atoms with van der Waals surface area (Å²) in [6, 6.07) is 0. The molecule has 0 bridgehead atoms. The van der Waals surface area contributed by atoms with E-state index in [0.717, 1.165) is 7.11 Å². The standard InChI is InChI=1S/C9H8F3NO4/c1-4-5(17-9(10,11)12)3-13-6(8(14)15)7(4)16-2/h3H,1-2H3,(H,14,15). The van der Waals surface area contributed by atoms with Crippen LogP contribution >= 0.6 is 0 Å². The van der Waals surface area contributed by atoms with Gasteiger partial charge in [0, 0.05) is 5.56 Å². The quantitative estimate of drug-likeness (QED) is 0.889. The van der Waals surface area contributed by atoms with Crippen LogP contribution < -0.4 is 9.47 Å². The number of aromatic carboxylic acids is 1. The summed E-state index contributed by atoms with van der Waals surface area (Å²) in [6.45, 7) is 1.24. The SMILES string of the molecule is COc1c(C(=O)O)ncc(OC(F)(F)F)c1C. The summed E-state index contributed by atoms with van der Waals surface area (Å²) in [6.07, 6.45) is -4.18. The second-order valence-electron chi connectivity index (χ2n) is 2.98. The molecule has 0 aliphatic heterocycles. The van der Waals surface area contributed by atoms with E-state index in [1.165, 1.54) is 6.92 Å². The third-order valence-electron chi connectivity index (χ3n) is 1.87. The van der Waals surface area contributed by atoms with Crippen molar-refractivity contribution < 1.29 is 32.5 Å². The number of carbonyl (C=O) groups is 1. The lowest BCUT2D eigenvalue weighted by Gasteiger charge is -2.14. The Morgan fingerprint density at radius 1 is 1.47 bits per heavy atom. The molecule has 1 heterocycles. The zero-order chi connectivity index (χ0) is 13.2. The molecule has 5 nitrogen and oxygen atoms in total. The number of carboxylic acid groups (broad SMARTS) is 1. The first-order chi connectivity index (χ1) is 7.76. The van der Waals surface area contributed by atoms with Gasteiger partial charge >= 0.3 is 12.3 Å². The van der Waals surface area contributed by atoms with E-state index in [4.69, 9.17) is 9.84 Å². The molecule has 0 spiro atoms. The molecule has 1 aromatic heterocycles. The fourth-order valence-corrected chi connectivity index (χ4v) is 1.20. The lowest BCUT2D eigenvalue weighted by atomic mass is 10.2. The van der Waals surface area contributed by atoms with Crippen molar-refractivity contribution in [1.82, 2.24) is 4.98 Å². The average molecular weight is 251 g/mol. The number of nitrogens with zero attached hydrogens (tertiary/aromatic N) is 1. The van der Waals surface area contributed by atoms with Crippen molar-refractivity contribution in [2.45, 2.75) is 13.3 Å². The van der Waals surface area contributed by atoms with Crippen LogP contribution in [0.15, 0.2) is 6.20 Å². The Bertz CT molecular complexity index is 445. The summed E-state index contributed by atoms with van der Waals surface area (Å²) in [5, 5.41) is 8.74. The lowest BCUT2D eigenvalue weighted by Crippen LogP contribution is -2.18. The first kappa shape index (κ1) is 13.1. The van der Waals surface area contributed by atoms with Crippen molar-refractivity contribution in [1.29, 1.82) is 0 Å². The monoisotopic (exact) mass is 251 g/mol. The molecule has 0 radical (unpaired) electrons. The molecule has 17 heavy (non-hydrogen) atoms. The molecule has 1 aromatic rings. The predicted octanol–water partition coefficient (Wildman–Crippen LogP) is 2.00. The number of hydrogen-bond acceptors (Lipinski definition) is 4. The number of carboxylic acids is 1. The van der Waals surface area contributed by atoms with Crippen molar-refractivity contribution in [3.05, 3.63) is 17.5 Å². The zero-order valence-electron chi connectivity index (χ0n) is 8.83. The van der Waals surface area contributed by atoms with Crippen LogP contribution in [0, 0.1) is 6.92 Å². The van der Waals surface area contributed by atoms with Gasteiger partial charge in [-0.25, -0.2) is 9.78 Å². The zero-order valence-corrected chi connectivity index (χ0v) is 8.83. The first-order valence-corrected chi connectivity index (χ1v) is 4.29. The number of methoxy groups -OCH3 is 1. The Morgan fingerprint density at radius 3 is 2.47 bits per heavy atom. The third kappa shape index (κ3) is 2.99. The van der Waals surface area contributed by atoms with E-state index >= 15 is 0 Å². The van der Waals surface area contributed by atoms with Crippen molar-refractivity contribution in [2.75, 3.05) is 7.11 Å². The highest BCUT2D eigenvalue weighted by atomic mass is 19.4. The van der Waals surface area contributed by atoms with Crippen LogP contribution in [0.5, 0.6) is 11.5 Å². The van der Waals surface area contributed by atoms with Gasteiger partial charge in [0.1, 0.15) is 0 Å². The molecule has 0 fully saturated rings. The fourth-order valence-electron chi connectivity index (χ4n) is 1.20. The molecule has 0 unspecified atom stereocenters. The van der Waals surface area contributed by atoms with Gasteiger partial charge < -0.3 is 14.6 Å². The van der Waals surface area contributed by atoms with Gasteiger partial charge in [0.25, 0.3) is 0 Å². The van der Waals surface area contributed by atoms with Gasteiger partial charge in [-0.1, -0.05) is 0 Å². The van der Waals surface area contributed by atoms with Gasteiger partial charge in [-0.2, -0.15) is 0 Å². The normalized spacial score (nSPS) is 11.1. The van der Waals surface area contributed by atoms with Crippen LogP contribution in [0.2, 0.25) is 0 Å². The van der Waals surface area contributed by atoms with Crippen molar-refractivity contribution >= 4 is 5.97 Å². The summed E-state index contributed by atoms with van der Waals surface area (Å²) < 4.78 is 44.4. The van der Waals surface area contributed by atoms with E-state index in [2.05, 4.69) is 9.72 Å². The first-order valence-electron chi connectivity index (χ1n) is 4.29. The molecule has 0 aliphatic carbocycles. The topological polar surface area (TPSA) is 68.7 Å². The second-order valence-corrected chi connectivity index (χ2v) is 2.98. The Labute approximate surface area is 93.8 Å². The minimum atomic E-state index is -4.87. The Hall–Kier alpha value is -1.99. The van der Waals surface area contributed by atoms with Gasteiger partial charge in [0.2, 0.25) is 0 Å². The number of halogens is 3. The number of aromatic nitrogens is 1. The molecule has 0 saturated heterocycles. The van der Waals surface area contributed by atoms with E-state index in [9.17, 15) is 18.0 Å². The molecule has 0 atom stereocenters. The summed E-state index contributed by atoms with van der Waals surface area (Å²) in [4.78, 5) is 14.1. The lowest BCUT2D eigenvalue weighted by molar-refractivity contribution is -0.275. The number of ether oxygens (including phenoxy) is 2. The molecule has 0 saturated carbocycles. The summed E-state index contributed by atoms with van der Waals surface area (Å²) in [5.74, 6) is -2.26. The number of pyridine rings is 1. The van der Waals surface area contributed by atoms with Crippen LogP contribution in [0.4, 0.5) is 13.2 Å². The van der Waals surface area contributed by atoms with E-state index in [0.29, 0.717) is 6.20 Å². The second kappa shape index (κ2) is 4.48. The molecule has 1 N–H and O–H groups in total. The molecule has 94 valence electrons. The van der Waals surface area contributed by atoms with Gasteiger partial charge in [-0.3, -0.25) is 0 Å². The highest BCUT2D eigenvalue weighted by Crippen LogP contribution is 2.32. The number of rotatable bonds is 3. The Morgan fingerprint density at radius 2 is 2.06 bits per heavy atom. The maximum absolute atomic E-state index is 12.0. The van der Waals surface area contributed by atoms with E-state index in [1.54, 1.807) is 0 Å². The molecule has 0 aliphatic rings. The van der Waals surface area contributed by atoms with Gasteiger partial charge in [-0.05, 0) is 6.92 Å². The predicted molar refractivity (Wildman–Crippen MR) is 49.2 cm³/mol.